The summed E-state index contributed by atoms with van der Waals surface area (Å²) in [6.07, 6.45) is 12.2. The largest absolute Gasteiger partial charge is 0.462 e. The van der Waals surface area contributed by atoms with Gasteiger partial charge in [0.05, 0.1) is 12.2 Å². The molecule has 0 atom stereocenters. The van der Waals surface area contributed by atoms with E-state index in [-0.39, 0.29) is 42.8 Å². The maximum atomic E-state index is 14.5. The fourth-order valence-corrected chi connectivity index (χ4v) is 10.1. The van der Waals surface area contributed by atoms with Crippen LogP contribution in [0.5, 0.6) is 0 Å². The van der Waals surface area contributed by atoms with Crippen LogP contribution in [0.1, 0.15) is 149 Å². The molecule has 2 aliphatic rings. The Kier molecular flexibility index (Phi) is 12.2. The van der Waals surface area contributed by atoms with Crippen LogP contribution in [0.2, 0.25) is 0 Å². The standard InChI is InChI=1S/C49H48Br2N2O6/c1-3-5-7-10-14-30(15-11-8-6-4-2)53-47(56)37-23-19-33-31-17-21-35-43-36(22-18-32(41(31)43)34-20-24-38(48(53)57)44(37)42(33)34)46(55)52(45(35)54)26-12-9-13-27-59-49(58)39-28-29(50)16-25-40(39)51/h16-25,28,30H,3-15,26-27H2,1-2H3. The second-order valence-electron chi connectivity index (χ2n) is 16.1. The molecule has 6 aromatic carbocycles. The van der Waals surface area contributed by atoms with Crippen LogP contribution >= 0.6 is 31.9 Å². The minimum Gasteiger partial charge on any atom is -0.462 e. The van der Waals surface area contributed by atoms with E-state index in [1.165, 1.54) is 4.90 Å². The van der Waals surface area contributed by atoms with Crippen molar-refractivity contribution < 1.29 is 28.7 Å². The van der Waals surface area contributed by atoms with E-state index >= 15 is 0 Å². The lowest BCUT2D eigenvalue weighted by atomic mass is 9.82. The van der Waals surface area contributed by atoms with Gasteiger partial charge in [-0.25, -0.2) is 4.79 Å². The molecule has 59 heavy (non-hydrogen) atoms. The van der Waals surface area contributed by atoms with Gasteiger partial charge in [-0.1, -0.05) is 105 Å². The van der Waals surface area contributed by atoms with Crippen molar-refractivity contribution in [1.29, 1.82) is 0 Å². The van der Waals surface area contributed by atoms with Gasteiger partial charge in [0.15, 0.2) is 0 Å². The number of carbonyl (C=O) groups excluding carboxylic acids is 5. The topological polar surface area (TPSA) is 101 Å². The Balaban J connectivity index is 1.06. The van der Waals surface area contributed by atoms with Gasteiger partial charge >= 0.3 is 5.97 Å². The molecular weight excluding hydrogens is 872 g/mol. The number of nitrogens with zero attached hydrogens (tertiary/aromatic N) is 2. The molecule has 2 aliphatic heterocycles. The molecule has 10 heteroatoms. The molecule has 0 bridgehead atoms. The smallest absolute Gasteiger partial charge is 0.339 e. The predicted octanol–water partition coefficient (Wildman–Crippen LogP) is 12.8. The van der Waals surface area contributed by atoms with Crippen molar-refractivity contribution in [2.24, 2.45) is 0 Å². The lowest BCUT2D eigenvalue weighted by Crippen LogP contribution is -2.47. The molecule has 304 valence electrons. The lowest BCUT2D eigenvalue weighted by Gasteiger charge is -2.35. The highest BCUT2D eigenvalue weighted by molar-refractivity contribution is 9.11. The van der Waals surface area contributed by atoms with Crippen molar-refractivity contribution in [3.8, 4) is 0 Å². The van der Waals surface area contributed by atoms with E-state index in [1.807, 2.05) is 54.6 Å². The fraction of sp³-hybridized carbons (Fsp3) is 0.367. The number of unbranched alkanes of at least 4 members (excludes halogenated alkanes) is 8. The number of esters is 1. The molecule has 0 aromatic heterocycles. The van der Waals surface area contributed by atoms with Gasteiger partial charge in [0.2, 0.25) is 0 Å². The third-order valence-electron chi connectivity index (χ3n) is 12.3. The van der Waals surface area contributed by atoms with Crippen molar-refractivity contribution in [3.05, 3.63) is 103 Å². The molecule has 4 amide bonds. The summed E-state index contributed by atoms with van der Waals surface area (Å²) in [4.78, 5) is 72.5. The number of hydrogen-bond acceptors (Lipinski definition) is 6. The predicted molar refractivity (Wildman–Crippen MR) is 241 cm³/mol. The van der Waals surface area contributed by atoms with Gasteiger partial charge in [0.25, 0.3) is 23.6 Å². The Morgan fingerprint density at radius 2 is 1.03 bits per heavy atom. The molecule has 0 saturated heterocycles. The summed E-state index contributed by atoms with van der Waals surface area (Å²) in [5, 5.41) is 6.56. The molecule has 8 rings (SSSR count). The van der Waals surface area contributed by atoms with Crippen LogP contribution in [0.4, 0.5) is 0 Å². The van der Waals surface area contributed by atoms with E-state index in [4.69, 9.17) is 4.74 Å². The molecule has 0 fully saturated rings. The van der Waals surface area contributed by atoms with E-state index < -0.39 is 5.97 Å². The van der Waals surface area contributed by atoms with Crippen LogP contribution in [0.3, 0.4) is 0 Å². The molecule has 8 nitrogen and oxygen atoms in total. The van der Waals surface area contributed by atoms with Crippen molar-refractivity contribution in [1.82, 2.24) is 9.80 Å². The fourth-order valence-electron chi connectivity index (χ4n) is 9.33. The number of benzene rings is 6. The van der Waals surface area contributed by atoms with Gasteiger partial charge in [-0.05, 0) is 123 Å². The normalized spacial score (nSPS) is 14.1. The first-order valence-electron chi connectivity index (χ1n) is 21.2. The molecule has 6 aromatic rings. The monoisotopic (exact) mass is 918 g/mol. The Morgan fingerprint density at radius 1 is 0.559 bits per heavy atom. The minimum absolute atomic E-state index is 0.138. The van der Waals surface area contributed by atoms with E-state index in [1.54, 1.807) is 17.0 Å². The molecule has 0 N–H and O–H groups in total. The molecule has 0 radical (unpaired) electrons. The van der Waals surface area contributed by atoms with Crippen molar-refractivity contribution in [2.45, 2.75) is 103 Å². The zero-order valence-electron chi connectivity index (χ0n) is 33.6. The van der Waals surface area contributed by atoms with Crippen LogP contribution in [0, 0.1) is 0 Å². The quantitative estimate of drug-likeness (QED) is 0.0280. The van der Waals surface area contributed by atoms with Gasteiger partial charge in [0, 0.05) is 54.6 Å². The maximum absolute atomic E-state index is 14.5. The van der Waals surface area contributed by atoms with E-state index in [0.717, 1.165) is 101 Å². The lowest BCUT2D eigenvalue weighted by molar-refractivity contribution is 0.0490. The number of rotatable bonds is 18. The number of carbonyl (C=O) groups is 5. The zero-order valence-corrected chi connectivity index (χ0v) is 36.8. The molecular formula is C49H48Br2N2O6. The summed E-state index contributed by atoms with van der Waals surface area (Å²) in [6, 6.07) is 20.4. The number of halogens is 2. The van der Waals surface area contributed by atoms with Gasteiger partial charge in [-0.3, -0.25) is 29.0 Å². The molecule has 0 spiro atoms. The van der Waals surface area contributed by atoms with Crippen molar-refractivity contribution >= 4 is 105 Å². The first-order valence-corrected chi connectivity index (χ1v) is 22.8. The highest BCUT2D eigenvalue weighted by Crippen LogP contribution is 2.46. The summed E-state index contributed by atoms with van der Waals surface area (Å²) in [6.45, 7) is 4.85. The molecule has 0 unspecified atom stereocenters. The average Bonchev–Trinajstić information content (AvgIpc) is 3.24. The van der Waals surface area contributed by atoms with Gasteiger partial charge in [-0.15, -0.1) is 0 Å². The van der Waals surface area contributed by atoms with Crippen LogP contribution in [-0.2, 0) is 4.74 Å². The summed E-state index contributed by atoms with van der Waals surface area (Å²) in [7, 11) is 0. The zero-order chi connectivity index (χ0) is 41.4. The highest BCUT2D eigenvalue weighted by Gasteiger charge is 2.39. The van der Waals surface area contributed by atoms with Crippen LogP contribution < -0.4 is 0 Å². The minimum atomic E-state index is -0.419. The first-order chi connectivity index (χ1) is 28.7. The van der Waals surface area contributed by atoms with E-state index in [2.05, 4.69) is 45.7 Å². The molecule has 0 saturated carbocycles. The second kappa shape index (κ2) is 17.5. The summed E-state index contributed by atoms with van der Waals surface area (Å²) in [5.41, 5.74) is 2.50. The Labute approximate surface area is 361 Å². The number of ether oxygens (including phenoxy) is 1. The Morgan fingerprint density at radius 3 is 1.53 bits per heavy atom. The van der Waals surface area contributed by atoms with Gasteiger partial charge in [0.1, 0.15) is 0 Å². The number of hydrogen-bond donors (Lipinski definition) is 0. The first kappa shape index (κ1) is 41.1. The second-order valence-corrected chi connectivity index (χ2v) is 17.8. The van der Waals surface area contributed by atoms with Gasteiger partial charge < -0.3 is 4.74 Å². The van der Waals surface area contributed by atoms with Crippen LogP contribution in [-0.4, -0.2) is 58.6 Å². The molecule has 0 aliphatic carbocycles. The third-order valence-corrected chi connectivity index (χ3v) is 13.5. The Hall–Kier alpha value is -4.67. The molecule has 2 heterocycles. The SMILES string of the molecule is CCCCCCC(CCCCCC)N1C(=O)c2ccc3c4ccc5c6c(ccc(c7ccc(c2c37)C1=O)c64)C(=O)N(CCCCCOC(=O)c1cc(Br)ccc1Br)C5=O. The highest BCUT2D eigenvalue weighted by atomic mass is 79.9. The summed E-state index contributed by atoms with van der Waals surface area (Å²) in [5.74, 6) is -1.52. The average molecular weight is 921 g/mol. The summed E-state index contributed by atoms with van der Waals surface area (Å²) < 4.78 is 6.92. The van der Waals surface area contributed by atoms with Gasteiger partial charge in [-0.2, -0.15) is 0 Å². The number of amides is 4. The van der Waals surface area contributed by atoms with Crippen molar-refractivity contribution in [2.75, 3.05) is 13.2 Å². The van der Waals surface area contributed by atoms with E-state index in [9.17, 15) is 24.0 Å². The third kappa shape index (κ3) is 7.45. The Bertz CT molecular complexity index is 2520. The number of imide groups is 2. The number of fused-ring (bicyclic) bond motifs is 2. The maximum Gasteiger partial charge on any atom is 0.339 e. The van der Waals surface area contributed by atoms with Crippen molar-refractivity contribution in [3.63, 3.8) is 0 Å². The summed E-state index contributed by atoms with van der Waals surface area (Å²) >= 11 is 6.78. The van der Waals surface area contributed by atoms with Crippen LogP contribution in [0.25, 0.3) is 43.1 Å². The van der Waals surface area contributed by atoms with E-state index in [0.29, 0.717) is 62.3 Å². The van der Waals surface area contributed by atoms with Crippen LogP contribution in [0.15, 0.2) is 75.7 Å².